The molecule has 1 atom stereocenters. The molecule has 9 heteroatoms. The van der Waals surface area contributed by atoms with Crippen molar-refractivity contribution in [2.45, 2.75) is 32.2 Å². The average molecular weight is 390 g/mol. The molecule has 3 rings (SSSR count). The number of urea groups is 1. The van der Waals surface area contributed by atoms with Crippen LogP contribution in [0, 0.1) is 5.82 Å². The Balaban J connectivity index is 1.71. The molecule has 2 aromatic rings. The zero-order valence-electron chi connectivity index (χ0n) is 15.1. The van der Waals surface area contributed by atoms with Crippen LogP contribution >= 0.6 is 11.3 Å². The molecule has 27 heavy (non-hydrogen) atoms. The molecular weight excluding hydrogens is 371 g/mol. The fourth-order valence-corrected chi connectivity index (χ4v) is 3.62. The molecule has 0 bridgehead atoms. The number of hydrogen-bond donors (Lipinski definition) is 2. The van der Waals surface area contributed by atoms with Crippen molar-refractivity contribution in [2.24, 2.45) is 0 Å². The van der Waals surface area contributed by atoms with Gasteiger partial charge in [0, 0.05) is 5.38 Å². The Bertz CT molecular complexity index is 896. The van der Waals surface area contributed by atoms with Gasteiger partial charge in [-0.3, -0.25) is 14.5 Å². The lowest BCUT2D eigenvalue weighted by atomic mass is 9.92. The maximum absolute atomic E-state index is 13.1. The summed E-state index contributed by atoms with van der Waals surface area (Å²) >= 11 is 1.28. The van der Waals surface area contributed by atoms with Crippen molar-refractivity contribution in [3.63, 3.8) is 0 Å². The summed E-state index contributed by atoms with van der Waals surface area (Å²) in [5.41, 5.74) is -0.0577. The first-order chi connectivity index (χ1) is 12.7. The molecular formula is C18H19FN4O3S. The number of rotatable bonds is 5. The lowest BCUT2D eigenvalue weighted by molar-refractivity contribution is -0.133. The Morgan fingerprint density at radius 3 is 2.59 bits per heavy atom. The van der Waals surface area contributed by atoms with Crippen molar-refractivity contribution in [3.05, 3.63) is 46.7 Å². The Hall–Kier alpha value is -2.81. The van der Waals surface area contributed by atoms with Crippen LogP contribution in [0.2, 0.25) is 0 Å². The fourth-order valence-electron chi connectivity index (χ4n) is 2.73. The third-order valence-corrected chi connectivity index (χ3v) is 5.13. The van der Waals surface area contributed by atoms with Crippen molar-refractivity contribution in [1.29, 1.82) is 0 Å². The molecule has 1 aromatic heterocycles. The number of imide groups is 1. The SMILES string of the molecule is CC(C)c1csc(NC(=O)CN2C(=O)NC(C)(c3ccc(F)cc3)C2=O)n1. The molecule has 2 heterocycles. The highest BCUT2D eigenvalue weighted by atomic mass is 32.1. The number of anilines is 1. The van der Waals surface area contributed by atoms with E-state index in [2.05, 4.69) is 15.6 Å². The standard InChI is InChI=1S/C18H19FN4O3S/c1-10(2)13-9-27-16(20-13)21-14(24)8-23-15(25)18(3,22-17(23)26)11-4-6-12(19)7-5-11/h4-7,9-10H,8H2,1-3H3,(H,22,26)(H,20,21,24). The summed E-state index contributed by atoms with van der Waals surface area (Å²) in [5, 5.41) is 7.44. The van der Waals surface area contributed by atoms with E-state index in [-0.39, 0.29) is 5.92 Å². The molecule has 0 radical (unpaired) electrons. The number of aromatic nitrogens is 1. The second kappa shape index (κ2) is 7.07. The van der Waals surface area contributed by atoms with Gasteiger partial charge in [0.1, 0.15) is 17.9 Å². The summed E-state index contributed by atoms with van der Waals surface area (Å²) < 4.78 is 13.1. The van der Waals surface area contributed by atoms with E-state index in [0.29, 0.717) is 10.7 Å². The van der Waals surface area contributed by atoms with Gasteiger partial charge in [-0.1, -0.05) is 26.0 Å². The van der Waals surface area contributed by atoms with Gasteiger partial charge in [0.15, 0.2) is 5.13 Å². The highest BCUT2D eigenvalue weighted by Crippen LogP contribution is 2.29. The van der Waals surface area contributed by atoms with E-state index in [4.69, 9.17) is 0 Å². The maximum atomic E-state index is 13.1. The van der Waals surface area contributed by atoms with Crippen LogP contribution in [-0.4, -0.2) is 34.3 Å². The third-order valence-electron chi connectivity index (χ3n) is 4.36. The molecule has 1 saturated heterocycles. The van der Waals surface area contributed by atoms with Crippen molar-refractivity contribution in [1.82, 2.24) is 15.2 Å². The van der Waals surface area contributed by atoms with Gasteiger partial charge in [0.25, 0.3) is 5.91 Å². The van der Waals surface area contributed by atoms with Gasteiger partial charge in [-0.25, -0.2) is 14.2 Å². The Morgan fingerprint density at radius 1 is 1.33 bits per heavy atom. The van der Waals surface area contributed by atoms with Crippen LogP contribution in [0.15, 0.2) is 29.6 Å². The molecule has 7 nitrogen and oxygen atoms in total. The van der Waals surface area contributed by atoms with Crippen molar-refractivity contribution < 1.29 is 18.8 Å². The lowest BCUT2D eigenvalue weighted by Crippen LogP contribution is -2.42. The highest BCUT2D eigenvalue weighted by molar-refractivity contribution is 7.13. The number of halogens is 1. The maximum Gasteiger partial charge on any atom is 0.325 e. The van der Waals surface area contributed by atoms with Crippen LogP contribution in [0.3, 0.4) is 0 Å². The normalized spacial score (nSPS) is 19.5. The first kappa shape index (κ1) is 19.0. The largest absolute Gasteiger partial charge is 0.325 e. The molecule has 0 aliphatic carbocycles. The van der Waals surface area contributed by atoms with Gasteiger partial charge >= 0.3 is 6.03 Å². The Labute approximate surface area is 159 Å². The smallest absolute Gasteiger partial charge is 0.319 e. The summed E-state index contributed by atoms with van der Waals surface area (Å²) in [4.78, 5) is 42.4. The highest BCUT2D eigenvalue weighted by Gasteiger charge is 2.49. The van der Waals surface area contributed by atoms with Gasteiger partial charge < -0.3 is 10.6 Å². The minimum absolute atomic E-state index is 0.231. The molecule has 1 unspecified atom stereocenters. The van der Waals surface area contributed by atoms with Crippen LogP contribution in [0.5, 0.6) is 0 Å². The van der Waals surface area contributed by atoms with Crippen molar-refractivity contribution in [2.75, 3.05) is 11.9 Å². The Kier molecular flexibility index (Phi) is 4.97. The molecule has 2 N–H and O–H groups in total. The van der Waals surface area contributed by atoms with Gasteiger partial charge in [0.05, 0.1) is 5.69 Å². The van der Waals surface area contributed by atoms with E-state index in [1.807, 2.05) is 19.2 Å². The van der Waals surface area contributed by atoms with Crippen LogP contribution in [-0.2, 0) is 15.1 Å². The lowest BCUT2D eigenvalue weighted by Gasteiger charge is -2.22. The number of nitrogens with zero attached hydrogens (tertiary/aromatic N) is 2. The van der Waals surface area contributed by atoms with Crippen LogP contribution in [0.4, 0.5) is 14.3 Å². The molecule has 1 aromatic carbocycles. The minimum Gasteiger partial charge on any atom is -0.319 e. The van der Waals surface area contributed by atoms with E-state index in [9.17, 15) is 18.8 Å². The van der Waals surface area contributed by atoms with Crippen molar-refractivity contribution in [3.8, 4) is 0 Å². The number of thiazole rings is 1. The second-order valence-corrected chi connectivity index (χ2v) is 7.59. The predicted octanol–water partition coefficient (Wildman–Crippen LogP) is 2.81. The van der Waals surface area contributed by atoms with Crippen molar-refractivity contribution >= 4 is 34.3 Å². The average Bonchev–Trinajstić information content (AvgIpc) is 3.15. The summed E-state index contributed by atoms with van der Waals surface area (Å²) in [6.45, 7) is 5.07. The molecule has 0 saturated carbocycles. The summed E-state index contributed by atoms with van der Waals surface area (Å²) in [5.74, 6) is -1.31. The number of benzene rings is 1. The number of hydrogen-bond acceptors (Lipinski definition) is 5. The summed E-state index contributed by atoms with van der Waals surface area (Å²) in [6.07, 6.45) is 0. The van der Waals surface area contributed by atoms with Gasteiger partial charge in [-0.2, -0.15) is 0 Å². The zero-order chi connectivity index (χ0) is 19.8. The second-order valence-electron chi connectivity index (χ2n) is 6.73. The molecule has 1 aliphatic rings. The molecule has 1 fully saturated rings. The number of amides is 4. The minimum atomic E-state index is -1.35. The van der Waals surface area contributed by atoms with Crippen LogP contribution in [0.1, 0.15) is 37.9 Å². The van der Waals surface area contributed by atoms with Crippen LogP contribution in [0.25, 0.3) is 0 Å². The molecule has 0 spiro atoms. The van der Waals surface area contributed by atoms with Gasteiger partial charge in [-0.15, -0.1) is 11.3 Å². The third kappa shape index (κ3) is 3.68. The number of carbonyl (C=O) groups is 3. The summed E-state index contributed by atoms with van der Waals surface area (Å²) in [7, 11) is 0. The fraction of sp³-hybridized carbons (Fsp3) is 0.333. The predicted molar refractivity (Wildman–Crippen MR) is 98.8 cm³/mol. The molecule has 142 valence electrons. The number of carbonyl (C=O) groups excluding carboxylic acids is 3. The van der Waals surface area contributed by atoms with Gasteiger partial charge in [-0.05, 0) is 30.5 Å². The molecule has 1 aliphatic heterocycles. The quantitative estimate of drug-likeness (QED) is 0.768. The summed E-state index contributed by atoms with van der Waals surface area (Å²) in [6, 6.07) is 4.61. The number of nitrogens with one attached hydrogen (secondary N) is 2. The van der Waals surface area contributed by atoms with Gasteiger partial charge in [0.2, 0.25) is 5.91 Å². The Morgan fingerprint density at radius 2 is 2.00 bits per heavy atom. The van der Waals surface area contributed by atoms with Crippen LogP contribution < -0.4 is 10.6 Å². The monoisotopic (exact) mass is 390 g/mol. The molecule has 4 amide bonds. The van der Waals surface area contributed by atoms with E-state index in [0.717, 1.165) is 10.6 Å². The van der Waals surface area contributed by atoms with E-state index in [1.54, 1.807) is 0 Å². The van der Waals surface area contributed by atoms with E-state index >= 15 is 0 Å². The van der Waals surface area contributed by atoms with E-state index < -0.39 is 35.7 Å². The first-order valence-corrected chi connectivity index (χ1v) is 9.24. The topological polar surface area (TPSA) is 91.4 Å². The first-order valence-electron chi connectivity index (χ1n) is 8.36. The zero-order valence-corrected chi connectivity index (χ0v) is 15.9. The van der Waals surface area contributed by atoms with E-state index in [1.165, 1.54) is 42.5 Å².